The number of benzene rings is 1. The van der Waals surface area contributed by atoms with Crippen molar-refractivity contribution in [3.05, 3.63) is 34.9 Å². The molecular weight excluding hydrogens is 358 g/mol. The van der Waals surface area contributed by atoms with E-state index in [2.05, 4.69) is 22.4 Å². The molecule has 1 aromatic heterocycles. The Bertz CT molecular complexity index is 618. The molecular formula is C14H16ClN3OS3. The van der Waals surface area contributed by atoms with Gasteiger partial charge in [-0.2, -0.15) is 0 Å². The van der Waals surface area contributed by atoms with Gasteiger partial charge in [0.2, 0.25) is 5.91 Å². The zero-order valence-electron chi connectivity index (χ0n) is 12.2. The van der Waals surface area contributed by atoms with Crippen LogP contribution in [0.3, 0.4) is 0 Å². The lowest BCUT2D eigenvalue weighted by Gasteiger charge is -2.10. The highest BCUT2D eigenvalue weighted by atomic mass is 35.5. The topological polar surface area (TPSA) is 54.9 Å². The van der Waals surface area contributed by atoms with Crippen molar-refractivity contribution in [1.29, 1.82) is 0 Å². The summed E-state index contributed by atoms with van der Waals surface area (Å²) in [5.74, 6) is 0.955. The molecule has 0 aliphatic rings. The summed E-state index contributed by atoms with van der Waals surface area (Å²) < 4.78 is 1.77. The summed E-state index contributed by atoms with van der Waals surface area (Å²) in [4.78, 5) is 12.1. The molecule has 1 atom stereocenters. The maximum atomic E-state index is 12.1. The average molecular weight is 374 g/mol. The maximum Gasteiger partial charge on any atom is 0.233 e. The summed E-state index contributed by atoms with van der Waals surface area (Å²) in [7, 11) is 0. The van der Waals surface area contributed by atoms with Crippen LogP contribution in [-0.2, 0) is 11.3 Å². The molecule has 0 fully saturated rings. The highest BCUT2D eigenvalue weighted by Gasteiger charge is 2.16. The molecule has 0 spiro atoms. The predicted octanol–water partition coefficient (Wildman–Crippen LogP) is 4.10. The number of nitrogens with one attached hydrogen (secondary N) is 1. The molecule has 1 aromatic carbocycles. The first-order chi connectivity index (χ1) is 10.6. The highest BCUT2D eigenvalue weighted by molar-refractivity contribution is 8.03. The molecule has 0 aliphatic carbocycles. The van der Waals surface area contributed by atoms with Crippen LogP contribution in [-0.4, -0.2) is 27.1 Å². The van der Waals surface area contributed by atoms with Crippen LogP contribution in [0, 0.1) is 0 Å². The predicted molar refractivity (Wildman–Crippen MR) is 94.9 cm³/mol. The van der Waals surface area contributed by atoms with Crippen molar-refractivity contribution in [2.75, 3.05) is 5.75 Å². The van der Waals surface area contributed by atoms with E-state index in [1.807, 2.05) is 31.2 Å². The van der Waals surface area contributed by atoms with E-state index < -0.39 is 0 Å². The van der Waals surface area contributed by atoms with Crippen LogP contribution in [0.15, 0.2) is 32.9 Å². The molecule has 0 radical (unpaired) electrons. The molecule has 4 nitrogen and oxygen atoms in total. The van der Waals surface area contributed by atoms with Crippen molar-refractivity contribution < 1.29 is 4.79 Å². The summed E-state index contributed by atoms with van der Waals surface area (Å²) >= 11 is 10.5. The molecule has 1 N–H and O–H groups in total. The standard InChI is InChI=1S/C14H16ClN3OS3/c1-3-20-13-17-18-14(22-13)21-9(2)12(19)16-8-10-4-6-11(15)7-5-10/h4-7,9H,3,8H2,1-2H3,(H,16,19). The van der Waals surface area contributed by atoms with Crippen molar-refractivity contribution in [1.82, 2.24) is 15.5 Å². The zero-order chi connectivity index (χ0) is 15.9. The van der Waals surface area contributed by atoms with E-state index in [1.165, 1.54) is 23.1 Å². The molecule has 1 heterocycles. The van der Waals surface area contributed by atoms with E-state index in [0.29, 0.717) is 11.6 Å². The van der Waals surface area contributed by atoms with E-state index in [0.717, 1.165) is 20.0 Å². The minimum absolute atomic E-state index is 0.0140. The van der Waals surface area contributed by atoms with Crippen molar-refractivity contribution in [3.63, 3.8) is 0 Å². The first kappa shape index (κ1) is 17.6. The number of amides is 1. The Hall–Kier alpha value is -0.760. The fourth-order valence-electron chi connectivity index (χ4n) is 1.57. The van der Waals surface area contributed by atoms with Crippen LogP contribution in [0.4, 0.5) is 0 Å². The Morgan fingerprint density at radius 1 is 1.32 bits per heavy atom. The summed E-state index contributed by atoms with van der Waals surface area (Å²) in [6.45, 7) is 4.44. The van der Waals surface area contributed by atoms with Crippen LogP contribution in [0.25, 0.3) is 0 Å². The zero-order valence-corrected chi connectivity index (χ0v) is 15.4. The van der Waals surface area contributed by atoms with Gasteiger partial charge in [-0.15, -0.1) is 10.2 Å². The van der Waals surface area contributed by atoms with Gasteiger partial charge in [-0.1, -0.05) is 65.5 Å². The second-order valence-electron chi connectivity index (χ2n) is 4.37. The van der Waals surface area contributed by atoms with E-state index in [-0.39, 0.29) is 11.2 Å². The summed E-state index contributed by atoms with van der Waals surface area (Å²) in [5.41, 5.74) is 1.02. The van der Waals surface area contributed by atoms with Crippen LogP contribution in [0.2, 0.25) is 5.02 Å². The number of hydrogen-bond donors (Lipinski definition) is 1. The summed E-state index contributed by atoms with van der Waals surface area (Å²) in [6.07, 6.45) is 0. The Morgan fingerprint density at radius 3 is 2.68 bits per heavy atom. The van der Waals surface area contributed by atoms with Crippen LogP contribution in [0.5, 0.6) is 0 Å². The number of rotatable bonds is 7. The Kier molecular flexibility index (Phi) is 7.01. The molecule has 1 unspecified atom stereocenters. The van der Waals surface area contributed by atoms with Crippen molar-refractivity contribution >= 4 is 52.4 Å². The molecule has 118 valence electrons. The minimum Gasteiger partial charge on any atom is -0.351 e. The Balaban J connectivity index is 1.82. The van der Waals surface area contributed by atoms with Gasteiger partial charge in [-0.05, 0) is 30.4 Å². The van der Waals surface area contributed by atoms with Gasteiger partial charge in [-0.25, -0.2) is 0 Å². The first-order valence-electron chi connectivity index (χ1n) is 6.73. The molecule has 2 aromatic rings. The third-order valence-electron chi connectivity index (χ3n) is 2.68. The quantitative estimate of drug-likeness (QED) is 0.740. The number of hydrogen-bond acceptors (Lipinski definition) is 6. The number of carbonyl (C=O) groups is 1. The van der Waals surface area contributed by atoms with Gasteiger partial charge in [0.1, 0.15) is 0 Å². The van der Waals surface area contributed by atoms with Gasteiger partial charge in [0.25, 0.3) is 0 Å². The van der Waals surface area contributed by atoms with Gasteiger partial charge in [0, 0.05) is 11.6 Å². The van der Waals surface area contributed by atoms with Gasteiger partial charge in [0.05, 0.1) is 5.25 Å². The van der Waals surface area contributed by atoms with Crippen molar-refractivity contribution in [2.45, 2.75) is 34.3 Å². The largest absolute Gasteiger partial charge is 0.351 e. The second kappa shape index (κ2) is 8.76. The molecule has 0 saturated carbocycles. The molecule has 8 heteroatoms. The van der Waals surface area contributed by atoms with Gasteiger partial charge in [0.15, 0.2) is 8.68 Å². The second-order valence-corrected chi connectivity index (χ2v) is 8.88. The fourth-order valence-corrected chi connectivity index (χ4v) is 4.78. The minimum atomic E-state index is -0.209. The molecule has 2 rings (SSSR count). The van der Waals surface area contributed by atoms with Gasteiger partial charge >= 0.3 is 0 Å². The summed E-state index contributed by atoms with van der Waals surface area (Å²) in [5, 5.41) is 11.6. The summed E-state index contributed by atoms with van der Waals surface area (Å²) in [6, 6.07) is 7.43. The lowest BCUT2D eigenvalue weighted by Crippen LogP contribution is -2.30. The number of halogens is 1. The number of nitrogens with zero attached hydrogens (tertiary/aromatic N) is 2. The molecule has 22 heavy (non-hydrogen) atoms. The first-order valence-corrected chi connectivity index (χ1v) is 9.79. The third kappa shape index (κ3) is 5.46. The van der Waals surface area contributed by atoms with Crippen molar-refractivity contribution in [2.24, 2.45) is 0 Å². The highest BCUT2D eigenvalue weighted by Crippen LogP contribution is 2.31. The van der Waals surface area contributed by atoms with E-state index in [4.69, 9.17) is 11.6 Å². The molecule has 1 amide bonds. The van der Waals surface area contributed by atoms with Crippen LogP contribution in [0.1, 0.15) is 19.4 Å². The van der Waals surface area contributed by atoms with E-state index in [1.54, 1.807) is 11.8 Å². The smallest absolute Gasteiger partial charge is 0.233 e. The molecule has 0 aliphatic heterocycles. The number of thioether (sulfide) groups is 2. The fraction of sp³-hybridized carbons (Fsp3) is 0.357. The normalized spacial score (nSPS) is 12.1. The third-order valence-corrected chi connectivity index (χ3v) is 6.06. The maximum absolute atomic E-state index is 12.1. The SMILES string of the molecule is CCSc1nnc(SC(C)C(=O)NCc2ccc(Cl)cc2)s1. The van der Waals surface area contributed by atoms with Crippen LogP contribution >= 0.6 is 46.5 Å². The van der Waals surface area contributed by atoms with Gasteiger partial charge < -0.3 is 5.32 Å². The number of aromatic nitrogens is 2. The molecule has 0 saturated heterocycles. The van der Waals surface area contributed by atoms with E-state index >= 15 is 0 Å². The Morgan fingerprint density at radius 2 is 2.00 bits per heavy atom. The van der Waals surface area contributed by atoms with Crippen LogP contribution < -0.4 is 5.32 Å². The lowest BCUT2D eigenvalue weighted by atomic mass is 10.2. The number of carbonyl (C=O) groups excluding carboxylic acids is 1. The molecule has 0 bridgehead atoms. The monoisotopic (exact) mass is 373 g/mol. The van der Waals surface area contributed by atoms with E-state index in [9.17, 15) is 4.79 Å². The lowest BCUT2D eigenvalue weighted by molar-refractivity contribution is -0.120. The van der Waals surface area contributed by atoms with Crippen molar-refractivity contribution in [3.8, 4) is 0 Å². The average Bonchev–Trinajstić information content (AvgIpc) is 2.94. The van der Waals surface area contributed by atoms with Gasteiger partial charge in [-0.3, -0.25) is 4.79 Å². The Labute approximate surface area is 147 Å².